The zero-order valence-electron chi connectivity index (χ0n) is 9.66. The summed E-state index contributed by atoms with van der Waals surface area (Å²) in [6, 6.07) is 13.1. The van der Waals surface area contributed by atoms with Crippen molar-refractivity contribution in [3.8, 4) is 0 Å². The Balaban J connectivity index is 2.11. The molecule has 0 amide bonds. The molecule has 94 valence electrons. The third-order valence-corrected chi connectivity index (χ3v) is 3.07. The first-order chi connectivity index (χ1) is 8.69. The van der Waals surface area contributed by atoms with E-state index in [0.717, 1.165) is 16.8 Å². The first kappa shape index (κ1) is 13.2. The minimum absolute atomic E-state index is 0.0359. The van der Waals surface area contributed by atoms with Gasteiger partial charge in [0.05, 0.1) is 6.61 Å². The second-order valence-electron chi connectivity index (χ2n) is 3.94. The highest BCUT2D eigenvalue weighted by Gasteiger charge is 2.02. The summed E-state index contributed by atoms with van der Waals surface area (Å²) in [7, 11) is 0. The average molecular weight is 282 g/mol. The predicted molar refractivity (Wildman–Crippen MR) is 76.2 cm³/mol. The number of rotatable bonds is 4. The second kappa shape index (κ2) is 6.10. The standard InChI is InChI=1S/C14H13Cl2NO/c15-12-5-13(16)7-14(6-12)17-8-10-3-1-2-4-11(10)9-18/h1-7,17-18H,8-9H2. The maximum Gasteiger partial charge on any atom is 0.0685 e. The molecule has 0 saturated heterocycles. The normalized spacial score (nSPS) is 10.4. The Morgan fingerprint density at radius 2 is 1.56 bits per heavy atom. The van der Waals surface area contributed by atoms with Crippen LogP contribution in [0.15, 0.2) is 42.5 Å². The fourth-order valence-corrected chi connectivity index (χ4v) is 2.26. The van der Waals surface area contributed by atoms with Gasteiger partial charge in [-0.1, -0.05) is 47.5 Å². The summed E-state index contributed by atoms with van der Waals surface area (Å²) < 4.78 is 0. The fraction of sp³-hybridized carbons (Fsp3) is 0.143. The molecule has 0 aliphatic rings. The van der Waals surface area contributed by atoms with Crippen LogP contribution in [0.4, 0.5) is 5.69 Å². The number of nitrogens with one attached hydrogen (secondary N) is 1. The van der Waals surface area contributed by atoms with Gasteiger partial charge in [0.1, 0.15) is 0 Å². The van der Waals surface area contributed by atoms with E-state index in [1.165, 1.54) is 0 Å². The van der Waals surface area contributed by atoms with E-state index >= 15 is 0 Å². The van der Waals surface area contributed by atoms with E-state index < -0.39 is 0 Å². The number of anilines is 1. The van der Waals surface area contributed by atoms with E-state index in [1.807, 2.05) is 36.4 Å². The van der Waals surface area contributed by atoms with Gasteiger partial charge in [-0.15, -0.1) is 0 Å². The summed E-state index contributed by atoms with van der Waals surface area (Å²) in [5, 5.41) is 13.7. The molecule has 0 atom stereocenters. The van der Waals surface area contributed by atoms with Crippen molar-refractivity contribution in [3.63, 3.8) is 0 Å². The lowest BCUT2D eigenvalue weighted by Crippen LogP contribution is -2.02. The van der Waals surface area contributed by atoms with Crippen LogP contribution >= 0.6 is 23.2 Å². The van der Waals surface area contributed by atoms with E-state index in [1.54, 1.807) is 6.07 Å². The Kier molecular flexibility index (Phi) is 4.48. The Hall–Kier alpha value is -1.22. The Morgan fingerprint density at radius 3 is 2.17 bits per heavy atom. The van der Waals surface area contributed by atoms with Gasteiger partial charge in [0, 0.05) is 22.3 Å². The molecule has 0 bridgehead atoms. The van der Waals surface area contributed by atoms with Crippen molar-refractivity contribution in [3.05, 3.63) is 63.6 Å². The first-order valence-electron chi connectivity index (χ1n) is 5.56. The lowest BCUT2D eigenvalue weighted by molar-refractivity contribution is 0.280. The van der Waals surface area contributed by atoms with E-state index in [2.05, 4.69) is 5.32 Å². The van der Waals surface area contributed by atoms with Gasteiger partial charge in [0.25, 0.3) is 0 Å². The van der Waals surface area contributed by atoms with Gasteiger partial charge >= 0.3 is 0 Å². The van der Waals surface area contributed by atoms with Gasteiger partial charge in [-0.05, 0) is 29.3 Å². The zero-order valence-corrected chi connectivity index (χ0v) is 11.2. The molecule has 18 heavy (non-hydrogen) atoms. The quantitative estimate of drug-likeness (QED) is 0.885. The number of aliphatic hydroxyl groups excluding tert-OH is 1. The lowest BCUT2D eigenvalue weighted by atomic mass is 10.1. The third-order valence-electron chi connectivity index (χ3n) is 2.63. The fourth-order valence-electron chi connectivity index (χ4n) is 1.74. The molecule has 0 aliphatic heterocycles. The van der Waals surface area contributed by atoms with E-state index in [4.69, 9.17) is 23.2 Å². The predicted octanol–water partition coefficient (Wildman–Crippen LogP) is 4.10. The Labute approximate surface area is 116 Å². The van der Waals surface area contributed by atoms with Crippen LogP contribution in [0.1, 0.15) is 11.1 Å². The monoisotopic (exact) mass is 281 g/mol. The first-order valence-corrected chi connectivity index (χ1v) is 6.32. The molecular weight excluding hydrogens is 269 g/mol. The molecule has 2 rings (SSSR count). The van der Waals surface area contributed by atoms with Crippen molar-refractivity contribution >= 4 is 28.9 Å². The topological polar surface area (TPSA) is 32.3 Å². The largest absolute Gasteiger partial charge is 0.392 e. The van der Waals surface area contributed by atoms with Crippen molar-refractivity contribution in [2.24, 2.45) is 0 Å². The Morgan fingerprint density at radius 1 is 0.944 bits per heavy atom. The van der Waals surface area contributed by atoms with Gasteiger partial charge in [-0.3, -0.25) is 0 Å². The van der Waals surface area contributed by atoms with E-state index in [-0.39, 0.29) is 6.61 Å². The molecular formula is C14H13Cl2NO. The van der Waals surface area contributed by atoms with Gasteiger partial charge in [-0.2, -0.15) is 0 Å². The average Bonchev–Trinajstić information content (AvgIpc) is 2.35. The number of hydrogen-bond acceptors (Lipinski definition) is 2. The molecule has 0 heterocycles. The van der Waals surface area contributed by atoms with Crippen LogP contribution in [-0.4, -0.2) is 5.11 Å². The van der Waals surface area contributed by atoms with Gasteiger partial charge in [0.2, 0.25) is 0 Å². The van der Waals surface area contributed by atoms with Crippen LogP contribution < -0.4 is 5.32 Å². The summed E-state index contributed by atoms with van der Waals surface area (Å²) in [6.45, 7) is 0.654. The molecule has 0 fully saturated rings. The summed E-state index contributed by atoms with van der Waals surface area (Å²) in [5.41, 5.74) is 2.83. The lowest BCUT2D eigenvalue weighted by Gasteiger charge is -2.10. The maximum absolute atomic E-state index is 9.23. The molecule has 2 N–H and O–H groups in total. The van der Waals surface area contributed by atoms with Crippen LogP contribution in [0.5, 0.6) is 0 Å². The van der Waals surface area contributed by atoms with Crippen LogP contribution in [0.25, 0.3) is 0 Å². The molecule has 0 unspecified atom stereocenters. The molecule has 2 aromatic carbocycles. The minimum atomic E-state index is 0.0359. The van der Waals surface area contributed by atoms with Gasteiger partial charge < -0.3 is 10.4 Å². The number of aliphatic hydroxyl groups is 1. The second-order valence-corrected chi connectivity index (χ2v) is 4.81. The number of benzene rings is 2. The Bertz CT molecular complexity index is 523. The van der Waals surface area contributed by atoms with E-state index in [0.29, 0.717) is 16.6 Å². The SMILES string of the molecule is OCc1ccccc1CNc1cc(Cl)cc(Cl)c1. The molecule has 0 spiro atoms. The molecule has 4 heteroatoms. The smallest absolute Gasteiger partial charge is 0.0685 e. The van der Waals surface area contributed by atoms with Crippen LogP contribution in [0, 0.1) is 0 Å². The van der Waals surface area contributed by atoms with Crippen LogP contribution in [0.3, 0.4) is 0 Å². The summed E-state index contributed by atoms with van der Waals surface area (Å²) in [6.07, 6.45) is 0. The van der Waals surface area contributed by atoms with Crippen molar-refractivity contribution in [1.29, 1.82) is 0 Å². The van der Waals surface area contributed by atoms with Crippen LogP contribution in [0.2, 0.25) is 10.0 Å². The number of hydrogen-bond donors (Lipinski definition) is 2. The van der Waals surface area contributed by atoms with E-state index in [9.17, 15) is 5.11 Å². The highest BCUT2D eigenvalue weighted by molar-refractivity contribution is 6.35. The van der Waals surface area contributed by atoms with Crippen LogP contribution in [-0.2, 0) is 13.2 Å². The summed E-state index contributed by atoms with van der Waals surface area (Å²) >= 11 is 11.9. The number of halogens is 2. The molecule has 0 aliphatic carbocycles. The van der Waals surface area contributed by atoms with Crippen molar-refractivity contribution in [2.75, 3.05) is 5.32 Å². The zero-order chi connectivity index (χ0) is 13.0. The molecule has 2 aromatic rings. The molecule has 0 aromatic heterocycles. The third kappa shape index (κ3) is 3.39. The highest BCUT2D eigenvalue weighted by Crippen LogP contribution is 2.23. The minimum Gasteiger partial charge on any atom is -0.392 e. The summed E-state index contributed by atoms with van der Waals surface area (Å²) in [4.78, 5) is 0. The van der Waals surface area contributed by atoms with Crippen molar-refractivity contribution < 1.29 is 5.11 Å². The highest BCUT2D eigenvalue weighted by atomic mass is 35.5. The van der Waals surface area contributed by atoms with Gasteiger partial charge in [-0.25, -0.2) is 0 Å². The maximum atomic E-state index is 9.23. The molecule has 0 radical (unpaired) electrons. The molecule has 2 nitrogen and oxygen atoms in total. The molecule has 0 saturated carbocycles. The van der Waals surface area contributed by atoms with Crippen molar-refractivity contribution in [2.45, 2.75) is 13.2 Å². The summed E-state index contributed by atoms with van der Waals surface area (Å²) in [5.74, 6) is 0. The van der Waals surface area contributed by atoms with Gasteiger partial charge in [0.15, 0.2) is 0 Å². The van der Waals surface area contributed by atoms with Crippen molar-refractivity contribution in [1.82, 2.24) is 0 Å².